The summed E-state index contributed by atoms with van der Waals surface area (Å²) in [4.78, 5) is 11.8. The van der Waals surface area contributed by atoms with Gasteiger partial charge < -0.3 is 4.74 Å². The predicted molar refractivity (Wildman–Crippen MR) is 82.0 cm³/mol. The highest BCUT2D eigenvalue weighted by molar-refractivity contribution is 5.72. The van der Waals surface area contributed by atoms with E-state index in [1.165, 1.54) is 0 Å². The molecule has 2 atom stereocenters. The highest BCUT2D eigenvalue weighted by Gasteiger charge is 2.17. The van der Waals surface area contributed by atoms with Crippen molar-refractivity contribution in [2.45, 2.75) is 72.3 Å². The van der Waals surface area contributed by atoms with Gasteiger partial charge in [-0.25, -0.2) is 0 Å². The van der Waals surface area contributed by atoms with Gasteiger partial charge in [-0.3, -0.25) is 4.79 Å². The van der Waals surface area contributed by atoms with Crippen LogP contribution in [0.25, 0.3) is 0 Å². The zero-order valence-corrected chi connectivity index (χ0v) is 13.0. The van der Waals surface area contributed by atoms with E-state index in [1.54, 1.807) is 0 Å². The number of hydrogen-bond acceptors (Lipinski definition) is 2. The van der Waals surface area contributed by atoms with Gasteiger partial charge in [0.25, 0.3) is 0 Å². The van der Waals surface area contributed by atoms with Crippen LogP contribution in [0.3, 0.4) is 0 Å². The van der Waals surface area contributed by atoms with Gasteiger partial charge in [-0.2, -0.15) is 0 Å². The number of rotatable bonds is 10. The van der Waals surface area contributed by atoms with Gasteiger partial charge in [0.2, 0.25) is 0 Å². The molecule has 0 aromatic carbocycles. The third-order valence-electron chi connectivity index (χ3n) is 3.16. The molecule has 0 aliphatic heterocycles. The Morgan fingerprint density at radius 3 is 2.26 bits per heavy atom. The van der Waals surface area contributed by atoms with Crippen LogP contribution in [-0.4, -0.2) is 12.1 Å². The minimum absolute atomic E-state index is 0.00355. The zero-order valence-electron chi connectivity index (χ0n) is 13.0. The van der Waals surface area contributed by atoms with Crippen LogP contribution in [0.5, 0.6) is 0 Å². The first-order valence-corrected chi connectivity index (χ1v) is 7.66. The minimum Gasteiger partial charge on any atom is -0.462 e. The standard InChI is InChI=1S/C17H30O2/c1-5-8-10-12-14-16(13-11-9-6-2)19-17(18)15(4)7-3/h8-11,15-16H,5-7,12-14H2,1-4H3/b10-8-,11-9-. The van der Waals surface area contributed by atoms with Crippen molar-refractivity contribution >= 4 is 5.97 Å². The fourth-order valence-electron chi connectivity index (χ4n) is 1.65. The number of carbonyl (C=O) groups is 1. The van der Waals surface area contributed by atoms with E-state index in [1.807, 2.05) is 13.8 Å². The van der Waals surface area contributed by atoms with E-state index in [-0.39, 0.29) is 18.0 Å². The fourth-order valence-corrected chi connectivity index (χ4v) is 1.65. The van der Waals surface area contributed by atoms with Crippen molar-refractivity contribution < 1.29 is 9.53 Å². The maximum atomic E-state index is 11.8. The Labute approximate surface area is 118 Å². The number of hydrogen-bond donors (Lipinski definition) is 0. The van der Waals surface area contributed by atoms with Crippen LogP contribution in [0.2, 0.25) is 0 Å². The summed E-state index contributed by atoms with van der Waals surface area (Å²) in [6, 6.07) is 0. The van der Waals surface area contributed by atoms with Gasteiger partial charge in [0, 0.05) is 6.42 Å². The van der Waals surface area contributed by atoms with E-state index in [4.69, 9.17) is 4.74 Å². The Hall–Kier alpha value is -1.05. The summed E-state index contributed by atoms with van der Waals surface area (Å²) in [5, 5.41) is 0. The molecule has 0 saturated carbocycles. The van der Waals surface area contributed by atoms with Crippen molar-refractivity contribution in [1.82, 2.24) is 0 Å². The molecular weight excluding hydrogens is 236 g/mol. The van der Waals surface area contributed by atoms with Gasteiger partial charge >= 0.3 is 5.97 Å². The lowest BCUT2D eigenvalue weighted by atomic mass is 10.1. The predicted octanol–water partition coefficient (Wildman–Crippen LogP) is 5.05. The van der Waals surface area contributed by atoms with Crippen molar-refractivity contribution in [3.63, 3.8) is 0 Å². The lowest BCUT2D eigenvalue weighted by Crippen LogP contribution is -2.22. The molecule has 0 fully saturated rings. The first-order chi connectivity index (χ1) is 9.15. The van der Waals surface area contributed by atoms with Gasteiger partial charge in [0.15, 0.2) is 0 Å². The molecule has 0 aliphatic carbocycles. The molecule has 0 amide bonds. The zero-order chi connectivity index (χ0) is 14.5. The average molecular weight is 266 g/mol. The topological polar surface area (TPSA) is 26.3 Å². The van der Waals surface area contributed by atoms with Crippen molar-refractivity contribution in [2.24, 2.45) is 5.92 Å². The number of esters is 1. The molecule has 0 aliphatic rings. The maximum absolute atomic E-state index is 11.8. The second-order valence-corrected chi connectivity index (χ2v) is 4.94. The fraction of sp³-hybridized carbons (Fsp3) is 0.706. The molecule has 0 rings (SSSR count). The molecule has 0 aromatic rings. The van der Waals surface area contributed by atoms with Crippen molar-refractivity contribution in [3.05, 3.63) is 24.3 Å². The smallest absolute Gasteiger partial charge is 0.308 e. The van der Waals surface area contributed by atoms with Gasteiger partial charge in [-0.1, -0.05) is 52.0 Å². The average Bonchev–Trinajstić information content (AvgIpc) is 2.42. The highest BCUT2D eigenvalue weighted by atomic mass is 16.5. The molecule has 0 spiro atoms. The summed E-state index contributed by atoms with van der Waals surface area (Å²) in [5.74, 6) is -0.0549. The Morgan fingerprint density at radius 2 is 1.68 bits per heavy atom. The van der Waals surface area contributed by atoms with E-state index in [9.17, 15) is 4.79 Å². The molecule has 110 valence electrons. The molecule has 0 radical (unpaired) electrons. The van der Waals surface area contributed by atoms with Crippen LogP contribution in [0.4, 0.5) is 0 Å². The number of carbonyl (C=O) groups excluding carboxylic acids is 1. The summed E-state index contributed by atoms with van der Waals surface area (Å²) in [7, 11) is 0. The molecule has 0 heterocycles. The third kappa shape index (κ3) is 9.52. The van der Waals surface area contributed by atoms with Crippen LogP contribution >= 0.6 is 0 Å². The molecule has 0 aromatic heterocycles. The number of allylic oxidation sites excluding steroid dienone is 3. The van der Waals surface area contributed by atoms with Gasteiger partial charge in [0.05, 0.1) is 5.92 Å². The van der Waals surface area contributed by atoms with Gasteiger partial charge in [-0.15, -0.1) is 0 Å². The van der Waals surface area contributed by atoms with E-state index in [0.717, 1.165) is 38.5 Å². The Kier molecular flexibility index (Phi) is 11.3. The van der Waals surface area contributed by atoms with Crippen molar-refractivity contribution in [1.29, 1.82) is 0 Å². The van der Waals surface area contributed by atoms with E-state index < -0.39 is 0 Å². The van der Waals surface area contributed by atoms with Crippen LogP contribution in [-0.2, 0) is 9.53 Å². The SMILES string of the molecule is CC/C=C\CCC(C/C=C\CC)OC(=O)C(C)CC. The summed E-state index contributed by atoms with van der Waals surface area (Å²) in [6.45, 7) is 8.18. The summed E-state index contributed by atoms with van der Waals surface area (Å²) in [6.07, 6.45) is 14.3. The lowest BCUT2D eigenvalue weighted by Gasteiger charge is -2.18. The first-order valence-electron chi connectivity index (χ1n) is 7.66. The van der Waals surface area contributed by atoms with E-state index in [2.05, 4.69) is 38.2 Å². The molecule has 0 saturated heterocycles. The molecule has 19 heavy (non-hydrogen) atoms. The van der Waals surface area contributed by atoms with Gasteiger partial charge in [-0.05, 0) is 32.1 Å². The van der Waals surface area contributed by atoms with Crippen LogP contribution in [0.15, 0.2) is 24.3 Å². The lowest BCUT2D eigenvalue weighted by molar-refractivity contribution is -0.153. The largest absolute Gasteiger partial charge is 0.462 e. The van der Waals surface area contributed by atoms with E-state index >= 15 is 0 Å². The molecule has 0 bridgehead atoms. The second-order valence-electron chi connectivity index (χ2n) is 4.94. The summed E-state index contributed by atoms with van der Waals surface area (Å²) in [5.41, 5.74) is 0. The maximum Gasteiger partial charge on any atom is 0.308 e. The van der Waals surface area contributed by atoms with Crippen molar-refractivity contribution in [3.8, 4) is 0 Å². The third-order valence-corrected chi connectivity index (χ3v) is 3.16. The second kappa shape index (κ2) is 12.0. The van der Waals surface area contributed by atoms with Crippen LogP contribution in [0, 0.1) is 5.92 Å². The Balaban J connectivity index is 4.27. The molecule has 2 heteroatoms. The molecule has 2 unspecified atom stereocenters. The van der Waals surface area contributed by atoms with Crippen molar-refractivity contribution in [2.75, 3.05) is 0 Å². The molecule has 2 nitrogen and oxygen atoms in total. The molecule has 0 N–H and O–H groups in total. The van der Waals surface area contributed by atoms with Crippen LogP contribution in [0.1, 0.15) is 66.2 Å². The summed E-state index contributed by atoms with van der Waals surface area (Å²) < 4.78 is 5.61. The Bertz CT molecular complexity index is 279. The Morgan fingerprint density at radius 1 is 1.05 bits per heavy atom. The van der Waals surface area contributed by atoms with E-state index in [0.29, 0.717) is 0 Å². The minimum atomic E-state index is -0.0585. The number of ether oxygens (including phenoxy) is 1. The highest BCUT2D eigenvalue weighted by Crippen LogP contribution is 2.13. The first kappa shape index (κ1) is 17.9. The summed E-state index contributed by atoms with van der Waals surface area (Å²) >= 11 is 0. The molecular formula is C17H30O2. The monoisotopic (exact) mass is 266 g/mol. The quantitative estimate of drug-likeness (QED) is 0.408. The normalized spacial score (nSPS) is 14.9. The van der Waals surface area contributed by atoms with Crippen LogP contribution < -0.4 is 0 Å². The van der Waals surface area contributed by atoms with Gasteiger partial charge in [0.1, 0.15) is 6.10 Å².